The van der Waals surface area contributed by atoms with Crippen LogP contribution < -0.4 is 15.4 Å². The van der Waals surface area contributed by atoms with E-state index in [1.165, 1.54) is 30.5 Å². The molecule has 1 aliphatic rings. The summed E-state index contributed by atoms with van der Waals surface area (Å²) in [5, 5.41) is 0. The third-order valence-corrected chi connectivity index (χ3v) is 8.55. The summed E-state index contributed by atoms with van der Waals surface area (Å²) < 4.78 is 87.2. The molecule has 0 radical (unpaired) electrons. The van der Waals surface area contributed by atoms with Gasteiger partial charge < -0.3 is 20.1 Å². The van der Waals surface area contributed by atoms with E-state index in [0.717, 1.165) is 12.1 Å². The number of carbonyl (C=O) groups is 1. The quantitative estimate of drug-likeness (QED) is 0.241. The van der Waals surface area contributed by atoms with E-state index in [9.17, 15) is 30.8 Å². The maximum Gasteiger partial charge on any atom is 0.416 e. The second kappa shape index (κ2) is 13.0. The van der Waals surface area contributed by atoms with Gasteiger partial charge in [-0.25, -0.2) is 22.8 Å². The fourth-order valence-electron chi connectivity index (χ4n) is 4.61. The maximum atomic E-state index is 12.9. The highest BCUT2D eigenvalue weighted by atomic mass is 32.2. The van der Waals surface area contributed by atoms with E-state index in [2.05, 4.69) is 9.97 Å². The Bertz CT molecular complexity index is 1490. The maximum absolute atomic E-state index is 12.9. The highest BCUT2D eigenvalue weighted by Gasteiger charge is 2.36. The number of carbonyl (C=O) groups excluding carboxylic acids is 1. The van der Waals surface area contributed by atoms with Gasteiger partial charge in [0.15, 0.2) is 9.84 Å². The van der Waals surface area contributed by atoms with Crippen LogP contribution in [0.5, 0.6) is 5.75 Å². The molecule has 9 nitrogen and oxygen atoms in total. The summed E-state index contributed by atoms with van der Waals surface area (Å²) >= 11 is 0. The summed E-state index contributed by atoms with van der Waals surface area (Å²) in [5.41, 5.74) is 5.86. The molecule has 2 atom stereocenters. The predicted molar refractivity (Wildman–Crippen MR) is 146 cm³/mol. The number of rotatable bonds is 12. The Morgan fingerprint density at radius 1 is 1.12 bits per heavy atom. The minimum absolute atomic E-state index is 0.0386. The lowest BCUT2D eigenvalue weighted by Crippen LogP contribution is -2.35. The number of alkyl halides is 4. The van der Waals surface area contributed by atoms with E-state index < -0.39 is 40.3 Å². The molecule has 0 bridgehead atoms. The van der Waals surface area contributed by atoms with E-state index in [1.54, 1.807) is 24.0 Å². The first-order valence-corrected chi connectivity index (χ1v) is 14.8. The van der Waals surface area contributed by atoms with Gasteiger partial charge in [-0.2, -0.15) is 13.2 Å². The van der Waals surface area contributed by atoms with Crippen LogP contribution in [-0.2, 0) is 27.2 Å². The molecule has 2 N–H and O–H groups in total. The molecule has 1 aliphatic heterocycles. The van der Waals surface area contributed by atoms with Gasteiger partial charge in [-0.15, -0.1) is 0 Å². The predicted octanol–water partition coefficient (Wildman–Crippen LogP) is 3.99. The van der Waals surface area contributed by atoms with Crippen LogP contribution in [0.2, 0.25) is 0 Å². The number of sulfone groups is 1. The van der Waals surface area contributed by atoms with Crippen LogP contribution in [0.15, 0.2) is 59.6 Å². The van der Waals surface area contributed by atoms with Crippen LogP contribution >= 0.6 is 0 Å². The van der Waals surface area contributed by atoms with Gasteiger partial charge in [-0.3, -0.25) is 4.79 Å². The van der Waals surface area contributed by atoms with Crippen molar-refractivity contribution in [1.29, 1.82) is 0 Å². The molecule has 2 heterocycles. The summed E-state index contributed by atoms with van der Waals surface area (Å²) in [7, 11) is -3.38. The molecule has 1 amide bonds. The number of anilines is 1. The average Bonchev–Trinajstić information content (AvgIpc) is 3.35. The minimum Gasteiger partial charge on any atom is -0.489 e. The third-order valence-electron chi connectivity index (χ3n) is 6.80. The second-order valence-corrected chi connectivity index (χ2v) is 12.0. The Balaban J connectivity index is 1.58. The van der Waals surface area contributed by atoms with E-state index in [1.807, 2.05) is 0 Å². The van der Waals surface area contributed by atoms with E-state index in [4.69, 9.17) is 15.2 Å². The van der Waals surface area contributed by atoms with E-state index in [0.29, 0.717) is 17.7 Å². The first-order valence-electron chi connectivity index (χ1n) is 13.1. The monoisotopic (exact) mass is 610 g/mol. The summed E-state index contributed by atoms with van der Waals surface area (Å²) in [5.74, 6) is -0.303. The number of nitrogens with zero attached hydrogens (tertiary/aromatic N) is 3. The molecule has 0 aliphatic carbocycles. The van der Waals surface area contributed by atoms with Crippen LogP contribution in [0, 0.1) is 0 Å². The fourth-order valence-corrected chi connectivity index (χ4v) is 5.50. The van der Waals surface area contributed by atoms with E-state index in [-0.39, 0.29) is 60.1 Å². The molecule has 0 saturated carbocycles. The zero-order chi connectivity index (χ0) is 30.5. The lowest BCUT2D eigenvalue weighted by molar-refractivity contribution is -0.137. The molecule has 0 unspecified atom stereocenters. The van der Waals surface area contributed by atoms with Crippen LogP contribution in [0.25, 0.3) is 0 Å². The van der Waals surface area contributed by atoms with Crippen molar-refractivity contribution in [1.82, 2.24) is 9.97 Å². The van der Waals surface area contributed by atoms with Gasteiger partial charge in [0.1, 0.15) is 18.5 Å². The molecular weight excluding hydrogens is 580 g/mol. The number of benzene rings is 2. The molecule has 14 heteroatoms. The Labute approximate surface area is 240 Å². The molecule has 4 rings (SSSR count). The number of hydrogen-bond acceptors (Lipinski definition) is 8. The van der Waals surface area contributed by atoms with Crippen LogP contribution in [0.3, 0.4) is 0 Å². The summed E-state index contributed by atoms with van der Waals surface area (Å²) in [6.07, 6.45) is -3.10. The molecule has 1 saturated heterocycles. The highest BCUT2D eigenvalue weighted by Crippen LogP contribution is 2.32. The Kier molecular flexibility index (Phi) is 9.67. The fraction of sp³-hybridized carbons (Fsp3) is 0.393. The number of ether oxygens (including phenoxy) is 2. The molecule has 1 fully saturated rings. The number of aromatic nitrogens is 2. The average molecular weight is 611 g/mol. The van der Waals surface area contributed by atoms with Crippen LogP contribution in [-0.4, -0.2) is 68.6 Å². The van der Waals surface area contributed by atoms with Crippen molar-refractivity contribution >= 4 is 21.7 Å². The molecule has 0 spiro atoms. The zero-order valence-electron chi connectivity index (χ0n) is 22.7. The molecule has 42 heavy (non-hydrogen) atoms. The van der Waals surface area contributed by atoms with Crippen molar-refractivity contribution < 1.29 is 40.2 Å². The van der Waals surface area contributed by atoms with Gasteiger partial charge in [0.05, 0.1) is 53.3 Å². The topological polar surface area (TPSA) is 125 Å². The first kappa shape index (κ1) is 31.2. The van der Waals surface area contributed by atoms with Crippen molar-refractivity contribution in [3.63, 3.8) is 0 Å². The van der Waals surface area contributed by atoms with Crippen molar-refractivity contribution in [2.45, 2.75) is 43.0 Å². The lowest BCUT2D eigenvalue weighted by Gasteiger charge is -2.24. The molecule has 226 valence electrons. The molecule has 1 aromatic heterocycles. The number of halogens is 4. The van der Waals surface area contributed by atoms with Gasteiger partial charge >= 0.3 is 6.18 Å². The number of primary amides is 1. The molecule has 2 aromatic carbocycles. The Hall–Kier alpha value is -3.78. The SMILES string of the molecule is CCS(=O)(=O)c1ccc(Cc2nc(N3C[C@H](Oc4ccc(C(F)(F)F)cc4)C[C@H]3COCCF)ncc2C(N)=O)cc1. The zero-order valence-corrected chi connectivity index (χ0v) is 23.5. The smallest absolute Gasteiger partial charge is 0.416 e. The number of nitrogens with two attached hydrogens (primary N) is 1. The minimum atomic E-state index is -4.47. The van der Waals surface area contributed by atoms with Gasteiger partial charge in [0, 0.05) is 19.0 Å². The van der Waals surface area contributed by atoms with Crippen LogP contribution in [0.1, 0.15) is 40.5 Å². The third kappa shape index (κ3) is 7.53. The van der Waals surface area contributed by atoms with Crippen molar-refractivity contribution in [3.8, 4) is 5.75 Å². The number of amides is 1. The first-order chi connectivity index (χ1) is 19.9. The van der Waals surface area contributed by atoms with Gasteiger partial charge in [0.25, 0.3) is 5.91 Å². The van der Waals surface area contributed by atoms with Gasteiger partial charge in [0.2, 0.25) is 5.95 Å². The summed E-state index contributed by atoms with van der Waals surface area (Å²) in [6, 6.07) is 10.2. The largest absolute Gasteiger partial charge is 0.489 e. The van der Waals surface area contributed by atoms with Crippen molar-refractivity contribution in [2.24, 2.45) is 5.73 Å². The lowest BCUT2D eigenvalue weighted by atomic mass is 10.1. The van der Waals surface area contributed by atoms with E-state index >= 15 is 0 Å². The molecule has 3 aromatic rings. The van der Waals surface area contributed by atoms with Gasteiger partial charge in [-0.1, -0.05) is 19.1 Å². The highest BCUT2D eigenvalue weighted by molar-refractivity contribution is 7.91. The number of hydrogen-bond donors (Lipinski definition) is 1. The van der Waals surface area contributed by atoms with Gasteiger partial charge in [-0.05, 0) is 42.0 Å². The normalized spacial score (nSPS) is 17.4. The second-order valence-electron chi connectivity index (χ2n) is 9.69. The van der Waals surface area contributed by atoms with Crippen molar-refractivity contribution in [2.75, 3.05) is 37.1 Å². The molecular formula is C28H30F4N4O5S. The Morgan fingerprint density at radius 3 is 2.40 bits per heavy atom. The van der Waals surface area contributed by atoms with Crippen LogP contribution in [0.4, 0.5) is 23.5 Å². The Morgan fingerprint density at radius 2 is 1.81 bits per heavy atom. The summed E-state index contributed by atoms with van der Waals surface area (Å²) in [4.78, 5) is 23.0. The van der Waals surface area contributed by atoms with Crippen molar-refractivity contribution in [3.05, 3.63) is 77.1 Å². The standard InChI is InChI=1S/C28H30F4N4O5S/c1-2-42(38,39)23-9-3-18(4-10-23)13-25-24(26(33)37)15-34-27(35-25)36-16-22(14-20(36)17-40-12-11-29)41-21-7-5-19(6-8-21)28(30,31)32/h3-10,15,20,22H,2,11-14,16-17H2,1H3,(H2,33,37)/t20-,22+/m0/s1. The summed E-state index contributed by atoms with van der Waals surface area (Å²) in [6.45, 7) is 1.11.